The van der Waals surface area contributed by atoms with E-state index in [1.165, 1.54) is 5.56 Å². The van der Waals surface area contributed by atoms with Gasteiger partial charge in [-0.25, -0.2) is 4.98 Å². The summed E-state index contributed by atoms with van der Waals surface area (Å²) < 4.78 is 1.55. The second kappa shape index (κ2) is 7.94. The highest BCUT2D eigenvalue weighted by Gasteiger charge is 2.21. The summed E-state index contributed by atoms with van der Waals surface area (Å²) in [6, 6.07) is 15.3. The van der Waals surface area contributed by atoms with Gasteiger partial charge in [-0.05, 0) is 24.6 Å². The SMILES string of the molecule is Cc1ccc(CC(=O)N2CCN(Cc3cc(=O)n4ccccc4n3)CC2)cc1. The minimum atomic E-state index is -0.0625. The first-order chi connectivity index (χ1) is 13.6. The maximum absolute atomic E-state index is 12.6. The van der Waals surface area contributed by atoms with Crippen LogP contribution in [0.5, 0.6) is 0 Å². The molecule has 0 atom stereocenters. The molecule has 0 spiro atoms. The zero-order valence-electron chi connectivity index (χ0n) is 16.0. The predicted octanol–water partition coefficient (Wildman–Crippen LogP) is 1.89. The summed E-state index contributed by atoms with van der Waals surface area (Å²) in [5.74, 6) is 0.172. The average molecular weight is 376 g/mol. The Hall–Kier alpha value is -2.99. The van der Waals surface area contributed by atoms with Crippen molar-refractivity contribution in [1.82, 2.24) is 19.2 Å². The molecule has 28 heavy (non-hydrogen) atoms. The van der Waals surface area contributed by atoms with Crippen molar-refractivity contribution in [1.29, 1.82) is 0 Å². The molecule has 1 aromatic carbocycles. The number of hydrogen-bond acceptors (Lipinski definition) is 4. The van der Waals surface area contributed by atoms with Crippen LogP contribution in [0.25, 0.3) is 5.65 Å². The number of amides is 1. The number of rotatable bonds is 4. The largest absolute Gasteiger partial charge is 0.340 e. The summed E-state index contributed by atoms with van der Waals surface area (Å²) >= 11 is 0. The first-order valence-electron chi connectivity index (χ1n) is 9.61. The lowest BCUT2D eigenvalue weighted by molar-refractivity contribution is -0.132. The zero-order valence-corrected chi connectivity index (χ0v) is 16.0. The fourth-order valence-corrected chi connectivity index (χ4v) is 3.56. The van der Waals surface area contributed by atoms with Crippen LogP contribution in [-0.2, 0) is 17.8 Å². The molecule has 6 nitrogen and oxygen atoms in total. The molecule has 0 radical (unpaired) electrons. The molecule has 0 unspecified atom stereocenters. The Kier molecular flexibility index (Phi) is 5.21. The van der Waals surface area contributed by atoms with E-state index in [0.29, 0.717) is 31.7 Å². The minimum absolute atomic E-state index is 0.0625. The van der Waals surface area contributed by atoms with Gasteiger partial charge in [-0.15, -0.1) is 0 Å². The molecule has 1 fully saturated rings. The molecule has 0 aliphatic carbocycles. The molecule has 1 amide bonds. The van der Waals surface area contributed by atoms with Crippen LogP contribution < -0.4 is 5.56 Å². The van der Waals surface area contributed by atoms with Gasteiger partial charge in [0.1, 0.15) is 5.65 Å². The molecular weight excluding hydrogens is 352 g/mol. The van der Waals surface area contributed by atoms with Crippen molar-refractivity contribution in [3.05, 3.63) is 81.9 Å². The topological polar surface area (TPSA) is 57.9 Å². The van der Waals surface area contributed by atoms with Gasteiger partial charge >= 0.3 is 0 Å². The molecule has 1 saturated heterocycles. The lowest BCUT2D eigenvalue weighted by Gasteiger charge is -2.34. The highest BCUT2D eigenvalue weighted by Crippen LogP contribution is 2.10. The van der Waals surface area contributed by atoms with E-state index in [0.717, 1.165) is 24.3 Å². The lowest BCUT2D eigenvalue weighted by Crippen LogP contribution is -2.48. The van der Waals surface area contributed by atoms with Crippen molar-refractivity contribution in [3.8, 4) is 0 Å². The number of aromatic nitrogens is 2. The molecule has 0 bridgehead atoms. The van der Waals surface area contributed by atoms with Crippen LogP contribution in [0.1, 0.15) is 16.8 Å². The van der Waals surface area contributed by atoms with E-state index in [4.69, 9.17) is 0 Å². The first kappa shape index (κ1) is 18.4. The van der Waals surface area contributed by atoms with Gasteiger partial charge in [-0.2, -0.15) is 0 Å². The summed E-state index contributed by atoms with van der Waals surface area (Å²) in [7, 11) is 0. The van der Waals surface area contributed by atoms with Crippen LogP contribution in [0.2, 0.25) is 0 Å². The molecule has 1 aliphatic rings. The van der Waals surface area contributed by atoms with Gasteiger partial charge in [0.2, 0.25) is 5.91 Å². The Morgan fingerprint density at radius 1 is 1.04 bits per heavy atom. The molecule has 1 aliphatic heterocycles. The summed E-state index contributed by atoms with van der Waals surface area (Å²) in [5.41, 5.74) is 3.63. The summed E-state index contributed by atoms with van der Waals surface area (Å²) in [6.45, 7) is 5.66. The summed E-state index contributed by atoms with van der Waals surface area (Å²) in [6.07, 6.45) is 2.18. The number of benzene rings is 1. The summed E-state index contributed by atoms with van der Waals surface area (Å²) in [4.78, 5) is 33.6. The monoisotopic (exact) mass is 376 g/mol. The zero-order chi connectivity index (χ0) is 19.5. The third kappa shape index (κ3) is 4.12. The fourth-order valence-electron chi connectivity index (χ4n) is 3.56. The smallest absolute Gasteiger partial charge is 0.258 e. The van der Waals surface area contributed by atoms with E-state index in [9.17, 15) is 9.59 Å². The molecule has 144 valence electrons. The molecule has 3 heterocycles. The Balaban J connectivity index is 1.34. The van der Waals surface area contributed by atoms with Gasteiger partial charge in [0.25, 0.3) is 5.56 Å². The van der Waals surface area contributed by atoms with Gasteiger partial charge < -0.3 is 4.90 Å². The number of carbonyl (C=O) groups is 1. The van der Waals surface area contributed by atoms with Crippen LogP contribution >= 0.6 is 0 Å². The van der Waals surface area contributed by atoms with Gasteiger partial charge in [-0.3, -0.25) is 18.9 Å². The number of hydrogen-bond donors (Lipinski definition) is 0. The summed E-state index contributed by atoms with van der Waals surface area (Å²) in [5, 5.41) is 0. The first-order valence-corrected chi connectivity index (χ1v) is 9.61. The third-order valence-corrected chi connectivity index (χ3v) is 5.21. The van der Waals surface area contributed by atoms with Gasteiger partial charge in [0, 0.05) is 45.0 Å². The van der Waals surface area contributed by atoms with Crippen molar-refractivity contribution in [2.75, 3.05) is 26.2 Å². The number of fused-ring (bicyclic) bond motifs is 1. The van der Waals surface area contributed by atoms with Crippen LogP contribution in [0.3, 0.4) is 0 Å². The van der Waals surface area contributed by atoms with E-state index in [1.54, 1.807) is 16.7 Å². The maximum atomic E-state index is 12.6. The van der Waals surface area contributed by atoms with Crippen LogP contribution in [0.4, 0.5) is 0 Å². The van der Waals surface area contributed by atoms with Crippen LogP contribution in [0.15, 0.2) is 59.5 Å². The van der Waals surface area contributed by atoms with Crippen LogP contribution in [0, 0.1) is 6.92 Å². The molecule has 0 saturated carbocycles. The number of nitrogens with zero attached hydrogens (tertiary/aromatic N) is 4. The second-order valence-corrected chi connectivity index (χ2v) is 7.33. The lowest BCUT2D eigenvalue weighted by atomic mass is 10.1. The van der Waals surface area contributed by atoms with E-state index in [1.807, 2.05) is 54.3 Å². The van der Waals surface area contributed by atoms with Crippen molar-refractivity contribution >= 4 is 11.6 Å². The van der Waals surface area contributed by atoms with Crippen molar-refractivity contribution < 1.29 is 4.79 Å². The molecule has 3 aromatic rings. The molecule has 6 heteroatoms. The average Bonchev–Trinajstić information content (AvgIpc) is 2.70. The Morgan fingerprint density at radius 3 is 2.54 bits per heavy atom. The Morgan fingerprint density at radius 2 is 1.79 bits per heavy atom. The quantitative estimate of drug-likeness (QED) is 0.698. The van der Waals surface area contributed by atoms with E-state index in [2.05, 4.69) is 9.88 Å². The third-order valence-electron chi connectivity index (χ3n) is 5.21. The standard InChI is InChI=1S/C22H24N4O2/c1-17-5-7-18(8-6-17)14-21(27)25-12-10-24(11-13-25)16-19-15-22(28)26-9-3-2-4-20(26)23-19/h2-9,15H,10-14,16H2,1H3. The van der Waals surface area contributed by atoms with Crippen molar-refractivity contribution in [2.24, 2.45) is 0 Å². The number of piperazine rings is 1. The van der Waals surface area contributed by atoms with Gasteiger partial charge in [0.15, 0.2) is 0 Å². The van der Waals surface area contributed by atoms with Crippen LogP contribution in [-0.4, -0.2) is 51.3 Å². The van der Waals surface area contributed by atoms with E-state index in [-0.39, 0.29) is 11.5 Å². The molecule has 0 N–H and O–H groups in total. The number of carbonyl (C=O) groups excluding carboxylic acids is 1. The second-order valence-electron chi connectivity index (χ2n) is 7.33. The highest BCUT2D eigenvalue weighted by atomic mass is 16.2. The highest BCUT2D eigenvalue weighted by molar-refractivity contribution is 5.78. The van der Waals surface area contributed by atoms with Crippen molar-refractivity contribution in [2.45, 2.75) is 19.9 Å². The fraction of sp³-hybridized carbons (Fsp3) is 0.318. The molecular formula is C22H24N4O2. The van der Waals surface area contributed by atoms with Gasteiger partial charge in [0.05, 0.1) is 12.1 Å². The van der Waals surface area contributed by atoms with E-state index >= 15 is 0 Å². The minimum Gasteiger partial charge on any atom is -0.340 e. The Bertz CT molecular complexity index is 1030. The predicted molar refractivity (Wildman–Crippen MR) is 108 cm³/mol. The molecule has 4 rings (SSSR count). The number of pyridine rings is 1. The Labute approximate surface area is 164 Å². The molecule has 2 aromatic heterocycles. The number of aryl methyl sites for hydroxylation is 1. The normalized spacial score (nSPS) is 15.1. The van der Waals surface area contributed by atoms with E-state index < -0.39 is 0 Å². The van der Waals surface area contributed by atoms with Crippen molar-refractivity contribution in [3.63, 3.8) is 0 Å². The maximum Gasteiger partial charge on any atom is 0.258 e. The van der Waals surface area contributed by atoms with Gasteiger partial charge in [-0.1, -0.05) is 35.9 Å².